The summed E-state index contributed by atoms with van der Waals surface area (Å²) in [5.74, 6) is -0.167. The average molecular weight is 474 g/mol. The third kappa shape index (κ3) is 3.88. The Hall–Kier alpha value is -4.85. The van der Waals surface area contributed by atoms with Gasteiger partial charge in [0.05, 0.1) is 23.3 Å². The lowest BCUT2D eigenvalue weighted by atomic mass is 10.0. The molecule has 0 spiro atoms. The lowest BCUT2D eigenvalue weighted by Gasteiger charge is -2.09. The van der Waals surface area contributed by atoms with Crippen molar-refractivity contribution in [1.29, 1.82) is 0 Å². The molecule has 0 aliphatic carbocycles. The van der Waals surface area contributed by atoms with E-state index in [0.717, 1.165) is 49.9 Å². The van der Waals surface area contributed by atoms with E-state index < -0.39 is 0 Å². The lowest BCUT2D eigenvalue weighted by Crippen LogP contribution is -2.17. The van der Waals surface area contributed by atoms with Gasteiger partial charge in [0.2, 0.25) is 5.91 Å². The maximum absolute atomic E-state index is 12.1. The monoisotopic (exact) mass is 473 g/mol. The molecule has 1 amide bonds. The number of nitrogens with one attached hydrogen (secondary N) is 3. The van der Waals surface area contributed by atoms with Crippen molar-refractivity contribution < 1.29 is 4.79 Å². The molecule has 5 aromatic heterocycles. The van der Waals surface area contributed by atoms with E-state index in [1.165, 1.54) is 0 Å². The first-order chi connectivity index (χ1) is 17.6. The number of aromatic nitrogens is 6. The number of nitrogens with zero attached hydrogens (tertiary/aromatic N) is 4. The number of carbonyl (C=O) groups excluding carboxylic acids is 1. The van der Waals surface area contributed by atoms with Crippen LogP contribution < -0.4 is 5.32 Å². The number of pyridine rings is 3. The summed E-state index contributed by atoms with van der Waals surface area (Å²) in [5.41, 5.74) is 8.06. The zero-order chi connectivity index (χ0) is 24.6. The molecule has 1 aromatic carbocycles. The lowest BCUT2D eigenvalue weighted by molar-refractivity contribution is -0.118. The number of amides is 1. The number of H-pyrrole nitrogens is 2. The van der Waals surface area contributed by atoms with Crippen molar-refractivity contribution in [3.63, 3.8) is 0 Å². The van der Waals surface area contributed by atoms with E-state index in [1.807, 2.05) is 44.2 Å². The summed E-state index contributed by atoms with van der Waals surface area (Å²) in [6.07, 6.45) is 8.77. The van der Waals surface area contributed by atoms with Crippen LogP contribution in [0.3, 0.4) is 0 Å². The van der Waals surface area contributed by atoms with Crippen LogP contribution in [0.2, 0.25) is 0 Å². The van der Waals surface area contributed by atoms with E-state index in [9.17, 15) is 4.79 Å². The molecule has 0 saturated carbocycles. The quantitative estimate of drug-likeness (QED) is 0.292. The maximum Gasteiger partial charge on any atom is 0.226 e. The Bertz CT molecular complexity index is 1720. The van der Waals surface area contributed by atoms with Gasteiger partial charge in [-0.25, -0.2) is 4.98 Å². The molecule has 0 atom stereocenters. The molecule has 176 valence electrons. The maximum atomic E-state index is 12.1. The van der Waals surface area contributed by atoms with Crippen LogP contribution in [0.15, 0.2) is 79.5 Å². The predicted octanol–water partition coefficient (Wildman–Crippen LogP) is 5.82. The van der Waals surface area contributed by atoms with Crippen LogP contribution in [0.4, 0.5) is 5.69 Å². The SMILES string of the molecule is CC(C)C(=O)Nc1cncc(-c2cnc3n[nH]c(-c4cc5c(-c6ccncc6)cccc5[nH]4)c3c2)c1. The van der Waals surface area contributed by atoms with Crippen LogP contribution in [0.1, 0.15) is 13.8 Å². The number of hydrogen-bond acceptors (Lipinski definition) is 5. The fourth-order valence-corrected chi connectivity index (χ4v) is 4.29. The summed E-state index contributed by atoms with van der Waals surface area (Å²) in [4.78, 5) is 28.7. The van der Waals surface area contributed by atoms with E-state index in [1.54, 1.807) is 31.0 Å². The zero-order valence-electron chi connectivity index (χ0n) is 19.8. The number of benzene rings is 1. The largest absolute Gasteiger partial charge is 0.353 e. The molecule has 5 heterocycles. The molecule has 3 N–H and O–H groups in total. The highest BCUT2D eigenvalue weighted by atomic mass is 16.1. The van der Waals surface area contributed by atoms with E-state index in [0.29, 0.717) is 11.3 Å². The van der Waals surface area contributed by atoms with Crippen molar-refractivity contribution in [2.24, 2.45) is 5.92 Å². The minimum atomic E-state index is -0.115. The van der Waals surface area contributed by atoms with Crippen molar-refractivity contribution in [3.8, 4) is 33.6 Å². The minimum absolute atomic E-state index is 0.0513. The van der Waals surface area contributed by atoms with Gasteiger partial charge in [-0.3, -0.25) is 19.9 Å². The van der Waals surface area contributed by atoms with E-state index in [2.05, 4.69) is 53.6 Å². The Morgan fingerprint density at radius 2 is 1.72 bits per heavy atom. The van der Waals surface area contributed by atoms with Crippen molar-refractivity contribution >= 4 is 33.5 Å². The van der Waals surface area contributed by atoms with Gasteiger partial charge in [0.25, 0.3) is 0 Å². The van der Waals surface area contributed by atoms with Crippen LogP contribution in [0, 0.1) is 5.92 Å². The first-order valence-electron chi connectivity index (χ1n) is 11.7. The molecule has 0 aliphatic heterocycles. The van der Waals surface area contributed by atoms with Gasteiger partial charge in [-0.1, -0.05) is 26.0 Å². The van der Waals surface area contributed by atoms with Crippen LogP contribution in [-0.4, -0.2) is 36.0 Å². The average Bonchev–Trinajstić information content (AvgIpc) is 3.53. The predicted molar refractivity (Wildman–Crippen MR) is 141 cm³/mol. The number of aromatic amines is 2. The van der Waals surface area contributed by atoms with Crippen LogP contribution >= 0.6 is 0 Å². The van der Waals surface area contributed by atoms with Crippen molar-refractivity contribution in [1.82, 2.24) is 30.1 Å². The third-order valence-corrected chi connectivity index (χ3v) is 6.20. The van der Waals surface area contributed by atoms with Gasteiger partial charge in [-0.2, -0.15) is 5.10 Å². The van der Waals surface area contributed by atoms with Crippen molar-refractivity contribution in [3.05, 3.63) is 79.5 Å². The van der Waals surface area contributed by atoms with Gasteiger partial charge in [0.1, 0.15) is 0 Å². The number of fused-ring (bicyclic) bond motifs is 2. The summed E-state index contributed by atoms with van der Waals surface area (Å²) in [7, 11) is 0. The smallest absolute Gasteiger partial charge is 0.226 e. The molecule has 0 fully saturated rings. The molecule has 0 saturated heterocycles. The van der Waals surface area contributed by atoms with E-state index >= 15 is 0 Å². The minimum Gasteiger partial charge on any atom is -0.353 e. The Morgan fingerprint density at radius 3 is 2.56 bits per heavy atom. The molecule has 36 heavy (non-hydrogen) atoms. The second-order valence-corrected chi connectivity index (χ2v) is 8.99. The molecule has 0 bridgehead atoms. The van der Waals surface area contributed by atoms with Gasteiger partial charge in [0.15, 0.2) is 5.65 Å². The number of hydrogen-bond donors (Lipinski definition) is 3. The van der Waals surface area contributed by atoms with Crippen molar-refractivity contribution in [2.75, 3.05) is 5.32 Å². The van der Waals surface area contributed by atoms with Crippen LogP contribution in [0.5, 0.6) is 0 Å². The van der Waals surface area contributed by atoms with Gasteiger partial charge in [-0.05, 0) is 47.5 Å². The van der Waals surface area contributed by atoms with E-state index in [4.69, 9.17) is 0 Å². The molecule has 0 aliphatic rings. The second-order valence-electron chi connectivity index (χ2n) is 8.99. The molecule has 6 aromatic rings. The summed E-state index contributed by atoms with van der Waals surface area (Å²) in [6.45, 7) is 3.71. The fourth-order valence-electron chi connectivity index (χ4n) is 4.29. The van der Waals surface area contributed by atoms with Gasteiger partial charge < -0.3 is 10.3 Å². The number of rotatable bonds is 5. The first-order valence-corrected chi connectivity index (χ1v) is 11.7. The Labute approximate surface area is 206 Å². The second kappa shape index (κ2) is 8.74. The summed E-state index contributed by atoms with van der Waals surface area (Å²) >= 11 is 0. The fraction of sp³-hybridized carbons (Fsp3) is 0.107. The third-order valence-electron chi connectivity index (χ3n) is 6.20. The zero-order valence-corrected chi connectivity index (χ0v) is 19.8. The van der Waals surface area contributed by atoms with Crippen LogP contribution in [0.25, 0.3) is 55.6 Å². The summed E-state index contributed by atoms with van der Waals surface area (Å²) in [6, 6.07) is 16.3. The molecule has 8 nitrogen and oxygen atoms in total. The van der Waals surface area contributed by atoms with Crippen molar-refractivity contribution in [2.45, 2.75) is 13.8 Å². The Morgan fingerprint density at radius 1 is 0.889 bits per heavy atom. The summed E-state index contributed by atoms with van der Waals surface area (Å²) in [5, 5.41) is 12.5. The van der Waals surface area contributed by atoms with Gasteiger partial charge >= 0.3 is 0 Å². The Kier molecular flexibility index (Phi) is 5.26. The highest BCUT2D eigenvalue weighted by Gasteiger charge is 2.15. The molecular formula is C28H23N7O. The molecule has 6 rings (SSSR count). The molecule has 0 radical (unpaired) electrons. The molecule has 0 unspecified atom stereocenters. The topological polar surface area (TPSA) is 112 Å². The standard InChI is InChI=1S/C28H23N7O/c1-16(2)28(36)32-20-10-18(13-30-15-20)19-11-23-26(34-35-27(23)31-14-19)25-12-22-21(4-3-5-24(22)33-25)17-6-8-29-9-7-17/h3-16,33H,1-2H3,(H,32,36)(H,31,34,35). The Balaban J connectivity index is 1.41. The van der Waals surface area contributed by atoms with Crippen LogP contribution in [-0.2, 0) is 4.79 Å². The highest BCUT2D eigenvalue weighted by Crippen LogP contribution is 2.34. The van der Waals surface area contributed by atoms with E-state index in [-0.39, 0.29) is 11.8 Å². The molecular weight excluding hydrogens is 450 g/mol. The van der Waals surface area contributed by atoms with Gasteiger partial charge in [-0.15, -0.1) is 0 Å². The summed E-state index contributed by atoms with van der Waals surface area (Å²) < 4.78 is 0. The van der Waals surface area contributed by atoms with Gasteiger partial charge in [0, 0.05) is 58.1 Å². The number of carbonyl (C=O) groups is 1. The molecule has 8 heteroatoms. The normalized spacial score (nSPS) is 11.4. The highest BCUT2D eigenvalue weighted by molar-refractivity contribution is 6.01. The first kappa shape index (κ1) is 21.7. The number of anilines is 1.